The largest absolute Gasteiger partial charge is 0.511 e. The predicted octanol–water partition coefficient (Wildman–Crippen LogP) is 8.27. The van der Waals surface area contributed by atoms with Gasteiger partial charge in [0, 0.05) is 18.2 Å². The first-order valence-electron chi connectivity index (χ1n) is 12.7. The molecule has 1 aliphatic rings. The zero-order valence-electron chi connectivity index (χ0n) is 20.5. The maximum Gasteiger partial charge on any atom is 0.168 e. The van der Waals surface area contributed by atoms with Crippen LogP contribution in [-0.2, 0) is 11.2 Å². The number of carbonyl (C=O) groups is 1. The predicted molar refractivity (Wildman–Crippen MR) is 152 cm³/mol. The molecule has 0 aromatic heterocycles. The first-order chi connectivity index (χ1) is 18.2. The van der Waals surface area contributed by atoms with Crippen molar-refractivity contribution in [3.05, 3.63) is 138 Å². The van der Waals surface area contributed by atoms with Gasteiger partial charge in [-0.3, -0.25) is 9.79 Å². The van der Waals surface area contributed by atoms with Crippen molar-refractivity contribution in [1.82, 2.24) is 0 Å². The lowest BCUT2D eigenvalue weighted by Gasteiger charge is -2.26. The van der Waals surface area contributed by atoms with Crippen LogP contribution in [0.3, 0.4) is 0 Å². The number of aliphatic imine (C=N–C) groups is 1. The molecular formula is C34H27NO2. The number of Topliss-reactive ketones (excluding diaryl/α,β-unsaturated/α-hetero) is 1. The Labute approximate surface area is 216 Å². The lowest BCUT2D eigenvalue weighted by molar-refractivity contribution is -0.115. The molecule has 1 fully saturated rings. The summed E-state index contributed by atoms with van der Waals surface area (Å²) in [5.74, 6) is 0.0557. The van der Waals surface area contributed by atoms with Crippen LogP contribution < -0.4 is 0 Å². The Balaban J connectivity index is 1.47. The maximum absolute atomic E-state index is 13.6. The normalized spacial score (nSPS) is 18.4. The number of rotatable bonds is 4. The number of aliphatic hydroxyl groups is 1. The third-order valence-electron chi connectivity index (χ3n) is 7.26. The third-order valence-corrected chi connectivity index (χ3v) is 7.26. The fraction of sp³-hybridized carbons (Fsp3) is 0.118. The van der Waals surface area contributed by atoms with Crippen molar-refractivity contribution >= 4 is 38.7 Å². The second-order valence-electron chi connectivity index (χ2n) is 9.63. The minimum Gasteiger partial charge on any atom is -0.511 e. The van der Waals surface area contributed by atoms with Crippen LogP contribution in [0.1, 0.15) is 29.9 Å². The molecule has 3 nitrogen and oxygen atoms in total. The molecule has 5 aromatic rings. The van der Waals surface area contributed by atoms with Crippen molar-refractivity contribution in [3.63, 3.8) is 0 Å². The average molecular weight is 482 g/mol. The molecule has 0 radical (unpaired) electrons. The van der Waals surface area contributed by atoms with Crippen molar-refractivity contribution < 1.29 is 9.90 Å². The van der Waals surface area contributed by atoms with Gasteiger partial charge in [-0.2, -0.15) is 0 Å². The average Bonchev–Trinajstić information content (AvgIpc) is 2.94. The quantitative estimate of drug-likeness (QED) is 0.207. The van der Waals surface area contributed by atoms with Gasteiger partial charge in [-0.15, -0.1) is 0 Å². The van der Waals surface area contributed by atoms with Crippen molar-refractivity contribution in [2.24, 2.45) is 4.99 Å². The van der Waals surface area contributed by atoms with E-state index in [4.69, 9.17) is 4.99 Å². The summed E-state index contributed by atoms with van der Waals surface area (Å²) < 4.78 is 0. The van der Waals surface area contributed by atoms with E-state index in [0.717, 1.165) is 38.4 Å². The molecule has 0 heterocycles. The van der Waals surface area contributed by atoms with E-state index in [1.165, 1.54) is 0 Å². The molecule has 0 spiro atoms. The molecule has 37 heavy (non-hydrogen) atoms. The van der Waals surface area contributed by atoms with Crippen molar-refractivity contribution in [2.75, 3.05) is 0 Å². The first-order valence-corrected chi connectivity index (χ1v) is 12.7. The molecule has 0 saturated heterocycles. The fourth-order valence-electron chi connectivity index (χ4n) is 5.45. The lowest BCUT2D eigenvalue weighted by Crippen LogP contribution is -2.27. The highest BCUT2D eigenvalue weighted by Gasteiger charge is 2.32. The van der Waals surface area contributed by atoms with Crippen LogP contribution in [0.25, 0.3) is 21.5 Å². The molecule has 1 saturated carbocycles. The Hall–Kier alpha value is -4.50. The molecule has 5 aromatic carbocycles. The van der Waals surface area contributed by atoms with Gasteiger partial charge in [0.25, 0.3) is 0 Å². The summed E-state index contributed by atoms with van der Waals surface area (Å²) in [6.07, 6.45) is 1.23. The van der Waals surface area contributed by atoms with Gasteiger partial charge in [0.05, 0.1) is 17.0 Å². The fourth-order valence-corrected chi connectivity index (χ4v) is 5.45. The summed E-state index contributed by atoms with van der Waals surface area (Å²) >= 11 is 0. The maximum atomic E-state index is 13.6. The van der Waals surface area contributed by atoms with E-state index in [9.17, 15) is 9.90 Å². The molecule has 1 atom stereocenters. The standard InChI is InChI=1S/C34H27NO2/c36-32(21-26-16-8-14-24-12-4-6-17-28(24)26)34-31(20-27(22-33(34)37)23-10-2-1-3-11-23)35-30-19-9-15-25-13-5-7-18-29(25)30/h1-19,27,36H,20-22H2/b34-32+,35-31?. The van der Waals surface area contributed by atoms with Gasteiger partial charge in [0.15, 0.2) is 5.78 Å². The monoisotopic (exact) mass is 481 g/mol. The van der Waals surface area contributed by atoms with E-state index in [1.54, 1.807) is 0 Å². The number of nitrogens with zero attached hydrogens (tertiary/aromatic N) is 1. The summed E-state index contributed by atoms with van der Waals surface area (Å²) in [6, 6.07) is 38.5. The van der Waals surface area contributed by atoms with Gasteiger partial charge in [-0.05, 0) is 45.7 Å². The third kappa shape index (κ3) is 4.56. The van der Waals surface area contributed by atoms with Gasteiger partial charge in [0.2, 0.25) is 0 Å². The Morgan fingerprint density at radius 2 is 1.32 bits per heavy atom. The number of hydrogen-bond donors (Lipinski definition) is 1. The molecular weight excluding hydrogens is 454 g/mol. The van der Waals surface area contributed by atoms with E-state index in [2.05, 4.69) is 42.5 Å². The Morgan fingerprint density at radius 3 is 2.11 bits per heavy atom. The molecule has 1 N–H and O–H groups in total. The van der Waals surface area contributed by atoms with Crippen LogP contribution in [0.15, 0.2) is 132 Å². The summed E-state index contributed by atoms with van der Waals surface area (Å²) in [7, 11) is 0. The van der Waals surface area contributed by atoms with E-state index < -0.39 is 0 Å². The number of hydrogen-bond acceptors (Lipinski definition) is 3. The van der Waals surface area contributed by atoms with E-state index in [1.807, 2.05) is 72.8 Å². The van der Waals surface area contributed by atoms with Crippen LogP contribution in [0.5, 0.6) is 0 Å². The SMILES string of the molecule is O=C1CC(c2ccccc2)CC(=Nc2cccc3ccccc23)/C1=C(\O)Cc1cccc2ccccc12. The molecule has 6 rings (SSSR count). The van der Waals surface area contributed by atoms with Gasteiger partial charge >= 0.3 is 0 Å². The van der Waals surface area contributed by atoms with Crippen molar-refractivity contribution in [1.29, 1.82) is 0 Å². The van der Waals surface area contributed by atoms with Crippen LogP contribution in [-0.4, -0.2) is 16.6 Å². The summed E-state index contributed by atoms with van der Waals surface area (Å²) in [6.45, 7) is 0. The molecule has 0 bridgehead atoms. The Bertz CT molecular complexity index is 1670. The van der Waals surface area contributed by atoms with Crippen LogP contribution in [0.2, 0.25) is 0 Å². The number of fused-ring (bicyclic) bond motifs is 2. The van der Waals surface area contributed by atoms with E-state index in [-0.39, 0.29) is 23.9 Å². The highest BCUT2D eigenvalue weighted by atomic mass is 16.3. The molecule has 0 aliphatic heterocycles. The smallest absolute Gasteiger partial charge is 0.168 e. The Kier molecular flexibility index (Phi) is 6.11. The molecule has 3 heteroatoms. The summed E-state index contributed by atoms with van der Waals surface area (Å²) in [5.41, 5.74) is 3.94. The zero-order chi connectivity index (χ0) is 25.2. The van der Waals surface area contributed by atoms with Crippen LogP contribution >= 0.6 is 0 Å². The molecule has 1 unspecified atom stereocenters. The van der Waals surface area contributed by atoms with E-state index in [0.29, 0.717) is 24.1 Å². The van der Waals surface area contributed by atoms with E-state index >= 15 is 0 Å². The molecule has 0 amide bonds. The Morgan fingerprint density at radius 1 is 0.703 bits per heavy atom. The zero-order valence-corrected chi connectivity index (χ0v) is 20.5. The first kappa shape index (κ1) is 22.9. The minimum atomic E-state index is -0.0585. The van der Waals surface area contributed by atoms with Gasteiger partial charge < -0.3 is 5.11 Å². The second kappa shape index (κ2) is 9.87. The number of carbonyl (C=O) groups excluding carboxylic acids is 1. The molecule has 1 aliphatic carbocycles. The minimum absolute atomic E-state index is 0.0246. The van der Waals surface area contributed by atoms with Gasteiger partial charge in [-0.25, -0.2) is 0 Å². The summed E-state index contributed by atoms with van der Waals surface area (Å²) in [4.78, 5) is 18.7. The van der Waals surface area contributed by atoms with Crippen molar-refractivity contribution in [2.45, 2.75) is 25.2 Å². The number of benzene rings is 5. The second-order valence-corrected chi connectivity index (χ2v) is 9.63. The van der Waals surface area contributed by atoms with Crippen LogP contribution in [0.4, 0.5) is 5.69 Å². The molecule has 180 valence electrons. The summed E-state index contributed by atoms with van der Waals surface area (Å²) in [5, 5.41) is 15.8. The number of aliphatic hydroxyl groups excluding tert-OH is 1. The van der Waals surface area contributed by atoms with Gasteiger partial charge in [-0.1, -0.05) is 109 Å². The lowest BCUT2D eigenvalue weighted by atomic mass is 9.78. The van der Waals surface area contributed by atoms with Crippen molar-refractivity contribution in [3.8, 4) is 0 Å². The van der Waals surface area contributed by atoms with Crippen LogP contribution in [0, 0.1) is 0 Å². The number of allylic oxidation sites excluding steroid dienone is 2. The number of ketones is 1. The highest BCUT2D eigenvalue weighted by molar-refractivity contribution is 6.25. The van der Waals surface area contributed by atoms with Gasteiger partial charge in [0.1, 0.15) is 5.76 Å². The highest BCUT2D eigenvalue weighted by Crippen LogP contribution is 2.36. The topological polar surface area (TPSA) is 49.7 Å².